The molecule has 0 spiro atoms. The molecule has 2 aliphatic rings. The fourth-order valence-electron chi connectivity index (χ4n) is 2.60. The van der Waals surface area contributed by atoms with Crippen LogP contribution < -0.4 is 16.0 Å². The van der Waals surface area contributed by atoms with Gasteiger partial charge in [0.25, 0.3) is 5.91 Å². The lowest BCUT2D eigenvalue weighted by Crippen LogP contribution is -2.55. The largest absolute Gasteiger partial charge is 0.365 e. The third-order valence-corrected chi connectivity index (χ3v) is 4.48. The summed E-state index contributed by atoms with van der Waals surface area (Å²) in [7, 11) is 1.74. The number of hydrogen-bond donors (Lipinski definition) is 3. The average Bonchev–Trinajstić information content (AvgIpc) is 3.09. The third-order valence-electron chi connectivity index (χ3n) is 3.62. The lowest BCUT2D eigenvalue weighted by atomic mass is 10.1. The number of carbonyl (C=O) groups excluding carboxylic acids is 3. The normalized spacial score (nSPS) is 24.5. The summed E-state index contributed by atoms with van der Waals surface area (Å²) < 4.78 is 0. The highest BCUT2D eigenvalue weighted by Crippen LogP contribution is 2.21. The Morgan fingerprint density at radius 1 is 1.52 bits per heavy atom. The van der Waals surface area contributed by atoms with Gasteiger partial charge in [-0.25, -0.2) is 4.98 Å². The van der Waals surface area contributed by atoms with Crippen LogP contribution >= 0.6 is 11.3 Å². The summed E-state index contributed by atoms with van der Waals surface area (Å²) >= 11 is 1.34. The molecule has 0 saturated carbocycles. The minimum Gasteiger partial charge on any atom is -0.365 e. The first-order chi connectivity index (χ1) is 10.1. The topological polar surface area (TPSA) is 103 Å². The van der Waals surface area contributed by atoms with Gasteiger partial charge in [0.15, 0.2) is 5.13 Å². The lowest BCUT2D eigenvalue weighted by molar-refractivity contribution is -0.143. The first-order valence-electron chi connectivity index (χ1n) is 6.60. The van der Waals surface area contributed by atoms with Crippen molar-refractivity contribution in [1.29, 1.82) is 0 Å². The molecule has 0 bridgehead atoms. The molecule has 1 aromatic rings. The Morgan fingerprint density at radius 3 is 3.00 bits per heavy atom. The van der Waals surface area contributed by atoms with Crippen molar-refractivity contribution >= 4 is 34.2 Å². The van der Waals surface area contributed by atoms with Crippen LogP contribution in [-0.4, -0.2) is 59.8 Å². The van der Waals surface area contributed by atoms with Crippen molar-refractivity contribution < 1.29 is 14.4 Å². The minimum atomic E-state index is -0.472. The minimum absolute atomic E-state index is 0.0353. The highest BCUT2D eigenvalue weighted by Gasteiger charge is 2.42. The number of anilines is 1. The molecule has 3 rings (SSSR count). The molecule has 3 amide bonds. The van der Waals surface area contributed by atoms with Gasteiger partial charge in [-0.3, -0.25) is 14.4 Å². The summed E-state index contributed by atoms with van der Waals surface area (Å²) in [5.74, 6) is -0.551. The van der Waals surface area contributed by atoms with Gasteiger partial charge in [-0.15, -0.1) is 11.3 Å². The molecule has 8 nitrogen and oxygen atoms in total. The van der Waals surface area contributed by atoms with Crippen molar-refractivity contribution in [2.45, 2.75) is 18.5 Å². The number of hydrogen-bond acceptors (Lipinski definition) is 6. The number of piperazine rings is 1. The van der Waals surface area contributed by atoms with Gasteiger partial charge in [0.05, 0.1) is 6.54 Å². The summed E-state index contributed by atoms with van der Waals surface area (Å²) in [6, 6.07) is -0.699. The Balaban J connectivity index is 1.65. The van der Waals surface area contributed by atoms with E-state index in [0.29, 0.717) is 23.8 Å². The molecule has 2 saturated heterocycles. The summed E-state index contributed by atoms with van der Waals surface area (Å²) in [6.45, 7) is 0.402. The van der Waals surface area contributed by atoms with E-state index >= 15 is 0 Å². The van der Waals surface area contributed by atoms with Crippen LogP contribution in [0.1, 0.15) is 16.9 Å². The maximum Gasteiger partial charge on any atom is 0.271 e. The molecule has 1 aromatic heterocycles. The number of carbonyl (C=O) groups is 3. The summed E-state index contributed by atoms with van der Waals surface area (Å²) in [5, 5.41) is 10.6. The first kappa shape index (κ1) is 13.8. The number of fused-ring (bicyclic) bond motifs is 1. The number of aromatic nitrogens is 1. The van der Waals surface area contributed by atoms with Crippen LogP contribution in [0.15, 0.2) is 5.38 Å². The molecule has 3 N–H and O–H groups in total. The molecule has 21 heavy (non-hydrogen) atoms. The molecule has 2 aliphatic heterocycles. The average molecular weight is 309 g/mol. The van der Waals surface area contributed by atoms with Crippen LogP contribution in [0.4, 0.5) is 5.13 Å². The highest BCUT2D eigenvalue weighted by molar-refractivity contribution is 7.13. The van der Waals surface area contributed by atoms with Crippen molar-refractivity contribution in [3.8, 4) is 0 Å². The van der Waals surface area contributed by atoms with Crippen molar-refractivity contribution in [3.05, 3.63) is 11.1 Å². The van der Waals surface area contributed by atoms with Gasteiger partial charge in [-0.1, -0.05) is 0 Å². The molecule has 9 heteroatoms. The Bertz CT molecular complexity index is 577. The SMILES string of the molecule is CNc1nc(C(=O)N[C@@H]2C[C@H]3C(=O)NCC(=O)N3C2)cs1. The number of rotatable bonds is 3. The second-order valence-electron chi connectivity index (χ2n) is 4.97. The fourth-order valence-corrected chi connectivity index (χ4v) is 3.25. The number of nitrogens with zero attached hydrogens (tertiary/aromatic N) is 2. The van der Waals surface area contributed by atoms with Gasteiger partial charge in [0.1, 0.15) is 11.7 Å². The maximum absolute atomic E-state index is 12.1. The van der Waals surface area contributed by atoms with E-state index in [-0.39, 0.29) is 30.3 Å². The predicted octanol–water partition coefficient (Wildman–Crippen LogP) is -0.986. The second-order valence-corrected chi connectivity index (χ2v) is 5.83. The number of amides is 3. The zero-order valence-corrected chi connectivity index (χ0v) is 12.2. The van der Waals surface area contributed by atoms with E-state index in [0.717, 1.165) is 0 Å². The Kier molecular flexibility index (Phi) is 3.50. The van der Waals surface area contributed by atoms with Crippen molar-refractivity contribution in [3.63, 3.8) is 0 Å². The van der Waals surface area contributed by atoms with E-state index < -0.39 is 6.04 Å². The van der Waals surface area contributed by atoms with E-state index in [9.17, 15) is 14.4 Å². The summed E-state index contributed by atoms with van der Waals surface area (Å²) in [4.78, 5) is 41.2. The molecule has 0 radical (unpaired) electrons. The second kappa shape index (κ2) is 5.32. The fraction of sp³-hybridized carbons (Fsp3) is 0.500. The van der Waals surface area contributed by atoms with Gasteiger partial charge in [-0.05, 0) is 6.42 Å². The van der Waals surface area contributed by atoms with Gasteiger partial charge in [0.2, 0.25) is 11.8 Å². The molecule has 2 atom stereocenters. The molecular weight excluding hydrogens is 294 g/mol. The quantitative estimate of drug-likeness (QED) is 0.665. The van der Waals surface area contributed by atoms with Gasteiger partial charge >= 0.3 is 0 Å². The predicted molar refractivity (Wildman–Crippen MR) is 76.0 cm³/mol. The molecule has 0 aromatic carbocycles. The number of thiazole rings is 1. The van der Waals surface area contributed by atoms with Crippen LogP contribution in [0.2, 0.25) is 0 Å². The number of nitrogens with one attached hydrogen (secondary N) is 3. The molecule has 3 heterocycles. The lowest BCUT2D eigenvalue weighted by Gasteiger charge is -2.28. The van der Waals surface area contributed by atoms with Crippen LogP contribution in [-0.2, 0) is 9.59 Å². The van der Waals surface area contributed by atoms with Crippen LogP contribution in [0.25, 0.3) is 0 Å². The summed E-state index contributed by atoms with van der Waals surface area (Å²) in [6.07, 6.45) is 0.437. The zero-order valence-electron chi connectivity index (χ0n) is 11.4. The molecular formula is C12H15N5O3S. The maximum atomic E-state index is 12.1. The smallest absolute Gasteiger partial charge is 0.271 e. The summed E-state index contributed by atoms with van der Waals surface area (Å²) in [5.41, 5.74) is 0.338. The van der Waals surface area contributed by atoms with E-state index in [2.05, 4.69) is 20.9 Å². The Labute approximate surface area is 124 Å². The standard InChI is InChI=1S/C12H15N5O3S/c1-13-12-16-7(5-21-12)10(19)15-6-2-8-11(20)14-3-9(18)17(8)4-6/h5-6,8H,2-4H2,1H3,(H,13,16)(H,14,20)(H,15,19)/t6-,8+/m1/s1. The van der Waals surface area contributed by atoms with E-state index in [4.69, 9.17) is 0 Å². The van der Waals surface area contributed by atoms with Crippen molar-refractivity contribution in [1.82, 2.24) is 20.5 Å². The Morgan fingerprint density at radius 2 is 2.33 bits per heavy atom. The van der Waals surface area contributed by atoms with E-state index in [1.807, 2.05) is 0 Å². The molecule has 112 valence electrons. The Hall–Kier alpha value is -2.16. The van der Waals surface area contributed by atoms with Crippen molar-refractivity contribution in [2.75, 3.05) is 25.5 Å². The van der Waals surface area contributed by atoms with Crippen LogP contribution in [0.3, 0.4) is 0 Å². The molecule has 0 aliphatic carbocycles. The molecule has 2 fully saturated rings. The van der Waals surface area contributed by atoms with Gasteiger partial charge < -0.3 is 20.9 Å². The van der Waals surface area contributed by atoms with Gasteiger partial charge in [-0.2, -0.15) is 0 Å². The first-order valence-corrected chi connectivity index (χ1v) is 7.47. The van der Waals surface area contributed by atoms with Crippen LogP contribution in [0, 0.1) is 0 Å². The third kappa shape index (κ3) is 2.56. The zero-order chi connectivity index (χ0) is 15.0. The van der Waals surface area contributed by atoms with Crippen molar-refractivity contribution in [2.24, 2.45) is 0 Å². The highest BCUT2D eigenvalue weighted by atomic mass is 32.1. The van der Waals surface area contributed by atoms with E-state index in [1.54, 1.807) is 12.4 Å². The van der Waals surface area contributed by atoms with E-state index in [1.165, 1.54) is 16.2 Å². The van der Waals surface area contributed by atoms with Crippen LogP contribution in [0.5, 0.6) is 0 Å². The van der Waals surface area contributed by atoms with Gasteiger partial charge in [0, 0.05) is 25.0 Å². The monoisotopic (exact) mass is 309 g/mol. The molecule has 0 unspecified atom stereocenters.